The molecule has 5 nitrogen and oxygen atoms in total. The Morgan fingerprint density at radius 2 is 1.95 bits per heavy atom. The summed E-state index contributed by atoms with van der Waals surface area (Å²) in [6, 6.07) is 8.08. The van der Waals surface area contributed by atoms with Crippen LogP contribution in [0, 0.1) is 0 Å². The number of fused-ring (bicyclic) bond motifs is 3. The minimum Gasteiger partial charge on any atom is -0.382 e. The summed E-state index contributed by atoms with van der Waals surface area (Å²) in [4.78, 5) is 8.50. The van der Waals surface area contributed by atoms with Crippen LogP contribution in [0.3, 0.4) is 0 Å². The molecule has 1 aliphatic heterocycles. The van der Waals surface area contributed by atoms with Crippen molar-refractivity contribution in [3.05, 3.63) is 46.3 Å². The number of rotatable bonds is 1. The zero-order valence-corrected chi connectivity index (χ0v) is 12.1. The monoisotopic (exact) mass is 330 g/mol. The number of nitrogens with two attached hydrogens (primary N) is 1. The average Bonchev–Trinajstić information content (AvgIpc) is 3.01. The number of hydrogen-bond donors (Lipinski definition) is 1. The Balaban J connectivity index is 2.10. The molecule has 0 aliphatic carbocycles. The Morgan fingerprint density at radius 1 is 1.15 bits per heavy atom. The van der Waals surface area contributed by atoms with Crippen LogP contribution < -0.4 is 5.73 Å². The molecule has 3 heterocycles. The van der Waals surface area contributed by atoms with Crippen LogP contribution in [0.4, 0.5) is 5.82 Å². The van der Waals surface area contributed by atoms with E-state index in [4.69, 9.17) is 10.5 Å². The maximum atomic E-state index is 6.06. The van der Waals surface area contributed by atoms with Crippen molar-refractivity contribution in [2.75, 3.05) is 5.73 Å². The molecule has 0 spiro atoms. The van der Waals surface area contributed by atoms with Gasteiger partial charge in [0.2, 0.25) is 0 Å². The molecule has 20 heavy (non-hydrogen) atoms. The lowest BCUT2D eigenvalue weighted by atomic mass is 10.2. The van der Waals surface area contributed by atoms with E-state index in [1.54, 1.807) is 0 Å². The molecular formula is C14H11BrN4O. The van der Waals surface area contributed by atoms with Gasteiger partial charge in [-0.1, -0.05) is 15.9 Å². The summed E-state index contributed by atoms with van der Waals surface area (Å²) >= 11 is 3.45. The Bertz CT molecular complexity index is 810. The van der Waals surface area contributed by atoms with Gasteiger partial charge in [-0.2, -0.15) is 0 Å². The van der Waals surface area contributed by atoms with Crippen LogP contribution in [0.2, 0.25) is 0 Å². The third-order valence-corrected chi connectivity index (χ3v) is 4.08. The van der Waals surface area contributed by atoms with Crippen LogP contribution in [0.1, 0.15) is 11.3 Å². The van der Waals surface area contributed by atoms with Crippen LogP contribution in [0.15, 0.2) is 35.1 Å². The second kappa shape index (κ2) is 4.29. The van der Waals surface area contributed by atoms with Crippen LogP contribution >= 0.6 is 15.9 Å². The van der Waals surface area contributed by atoms with E-state index in [2.05, 4.69) is 30.5 Å². The number of nitrogens with zero attached hydrogens (tertiary/aromatic N) is 3. The van der Waals surface area contributed by atoms with Gasteiger partial charge >= 0.3 is 0 Å². The molecule has 1 aromatic carbocycles. The molecule has 100 valence electrons. The summed E-state index contributed by atoms with van der Waals surface area (Å²) in [7, 11) is 0. The lowest BCUT2D eigenvalue weighted by Crippen LogP contribution is -2.02. The molecule has 0 atom stereocenters. The summed E-state index contributed by atoms with van der Waals surface area (Å²) in [5.74, 6) is 0.493. The molecule has 0 saturated heterocycles. The van der Waals surface area contributed by atoms with E-state index in [0.29, 0.717) is 19.0 Å². The Kier molecular flexibility index (Phi) is 2.55. The van der Waals surface area contributed by atoms with Crippen LogP contribution in [0.5, 0.6) is 0 Å². The molecule has 0 bridgehead atoms. The summed E-state index contributed by atoms with van der Waals surface area (Å²) in [6.45, 7) is 1.15. The van der Waals surface area contributed by atoms with Crippen molar-refractivity contribution >= 4 is 32.8 Å². The molecule has 0 amide bonds. The zero-order valence-electron chi connectivity index (χ0n) is 10.5. The minimum absolute atomic E-state index is 0.493. The highest BCUT2D eigenvalue weighted by molar-refractivity contribution is 9.10. The van der Waals surface area contributed by atoms with Crippen molar-refractivity contribution in [1.82, 2.24) is 14.5 Å². The van der Waals surface area contributed by atoms with Crippen molar-refractivity contribution in [2.24, 2.45) is 0 Å². The average molecular weight is 331 g/mol. The van der Waals surface area contributed by atoms with Gasteiger partial charge in [-0.3, -0.25) is 0 Å². The second-order valence-corrected chi connectivity index (χ2v) is 5.60. The third-order valence-electron chi connectivity index (χ3n) is 3.55. The molecule has 0 radical (unpaired) electrons. The number of halogens is 1. The second-order valence-electron chi connectivity index (χ2n) is 4.69. The van der Waals surface area contributed by atoms with Gasteiger partial charge < -0.3 is 15.0 Å². The smallest absolute Gasteiger partial charge is 0.151 e. The van der Waals surface area contributed by atoms with Gasteiger partial charge in [0.15, 0.2) is 5.82 Å². The largest absolute Gasteiger partial charge is 0.382 e. The first-order valence-corrected chi connectivity index (χ1v) is 7.01. The first kappa shape index (κ1) is 11.9. The van der Waals surface area contributed by atoms with Crippen LogP contribution in [-0.4, -0.2) is 14.5 Å². The number of hydrogen-bond acceptors (Lipinski definition) is 4. The number of nitrogen functional groups attached to an aromatic ring is 1. The number of anilines is 1. The normalized spacial score (nSPS) is 13.8. The number of aromatic nitrogens is 3. The maximum absolute atomic E-state index is 6.06. The third kappa shape index (κ3) is 1.58. The maximum Gasteiger partial charge on any atom is 0.151 e. The van der Waals surface area contributed by atoms with Crippen molar-refractivity contribution in [3.63, 3.8) is 0 Å². The summed E-state index contributed by atoms with van der Waals surface area (Å²) < 4.78 is 8.69. The van der Waals surface area contributed by atoms with Crippen molar-refractivity contribution in [2.45, 2.75) is 13.2 Å². The van der Waals surface area contributed by atoms with Crippen molar-refractivity contribution in [3.8, 4) is 5.69 Å². The van der Waals surface area contributed by atoms with Gasteiger partial charge in [0.05, 0.1) is 18.9 Å². The molecule has 0 unspecified atom stereocenters. The molecular weight excluding hydrogens is 320 g/mol. The predicted octanol–water partition coefficient (Wildman–Crippen LogP) is 2.80. The van der Waals surface area contributed by atoms with E-state index in [9.17, 15) is 0 Å². The molecule has 1 aliphatic rings. The Labute approximate surface area is 123 Å². The fourth-order valence-electron chi connectivity index (χ4n) is 2.67. The summed E-state index contributed by atoms with van der Waals surface area (Å²) in [5.41, 5.74) is 11.1. The Hall–Kier alpha value is -1.92. The highest BCUT2D eigenvalue weighted by Crippen LogP contribution is 2.35. The van der Waals surface area contributed by atoms with Gasteiger partial charge in [0, 0.05) is 15.7 Å². The van der Waals surface area contributed by atoms with Gasteiger partial charge in [0.25, 0.3) is 0 Å². The van der Waals surface area contributed by atoms with Crippen molar-refractivity contribution < 1.29 is 4.74 Å². The zero-order chi connectivity index (χ0) is 13.7. The molecule has 4 rings (SSSR count). The number of benzene rings is 1. The highest BCUT2D eigenvalue weighted by Gasteiger charge is 2.25. The molecule has 2 aromatic heterocycles. The summed E-state index contributed by atoms with van der Waals surface area (Å²) in [5, 5.41) is 0. The molecule has 0 saturated carbocycles. The van der Waals surface area contributed by atoms with Crippen LogP contribution in [-0.2, 0) is 18.0 Å². The van der Waals surface area contributed by atoms with Crippen molar-refractivity contribution in [1.29, 1.82) is 0 Å². The number of ether oxygens (including phenoxy) is 1. The van der Waals surface area contributed by atoms with Gasteiger partial charge in [0.1, 0.15) is 17.4 Å². The van der Waals surface area contributed by atoms with E-state index >= 15 is 0 Å². The van der Waals surface area contributed by atoms with E-state index < -0.39 is 0 Å². The standard InChI is InChI=1S/C14H11BrN4O/c15-8-1-3-9(4-2-8)19-11-6-20-5-10(11)12-13(19)14(16)18-7-17-12/h1-4,7H,5-6H2,(H2,16,17,18). The predicted molar refractivity (Wildman–Crippen MR) is 79.5 cm³/mol. The Morgan fingerprint density at radius 3 is 2.75 bits per heavy atom. The quantitative estimate of drug-likeness (QED) is 0.745. The van der Waals surface area contributed by atoms with Crippen LogP contribution in [0.25, 0.3) is 16.7 Å². The SMILES string of the molecule is Nc1ncnc2c3c(n(-c4ccc(Br)cc4)c12)COC3. The molecule has 2 N–H and O–H groups in total. The lowest BCUT2D eigenvalue weighted by Gasteiger charge is -2.10. The topological polar surface area (TPSA) is 66.0 Å². The molecule has 6 heteroatoms. The van der Waals surface area contributed by atoms with E-state index in [0.717, 1.165) is 32.5 Å². The fourth-order valence-corrected chi connectivity index (χ4v) is 2.93. The van der Waals surface area contributed by atoms with Gasteiger partial charge in [-0.25, -0.2) is 9.97 Å². The highest BCUT2D eigenvalue weighted by atomic mass is 79.9. The van der Waals surface area contributed by atoms with E-state index in [-0.39, 0.29) is 0 Å². The van der Waals surface area contributed by atoms with E-state index in [1.807, 2.05) is 24.3 Å². The minimum atomic E-state index is 0.493. The molecule has 3 aromatic rings. The van der Waals surface area contributed by atoms with E-state index in [1.165, 1.54) is 6.33 Å². The fraction of sp³-hybridized carbons (Fsp3) is 0.143. The summed E-state index contributed by atoms with van der Waals surface area (Å²) in [6.07, 6.45) is 1.50. The van der Waals surface area contributed by atoms with Gasteiger partial charge in [-0.15, -0.1) is 0 Å². The first-order chi connectivity index (χ1) is 9.75. The molecule has 0 fully saturated rings. The van der Waals surface area contributed by atoms with Gasteiger partial charge in [-0.05, 0) is 24.3 Å². The lowest BCUT2D eigenvalue weighted by molar-refractivity contribution is 0.132. The first-order valence-electron chi connectivity index (χ1n) is 6.22.